The maximum Gasteiger partial charge on any atom is 0.115 e. The fraction of sp³-hybridized carbons (Fsp3) is 0.647. The normalized spacial score (nSPS) is 13.4. The van der Waals surface area contributed by atoms with Gasteiger partial charge in [0, 0.05) is 17.3 Å². The highest BCUT2D eigenvalue weighted by atomic mass is 32.2. The molecule has 1 aromatic rings. The lowest BCUT2D eigenvalue weighted by Gasteiger charge is -2.31. The van der Waals surface area contributed by atoms with Crippen LogP contribution in [0.2, 0.25) is 0 Å². The SMILES string of the molecule is CCC(CC)(CNC(C)CCc1ccc(O)cc1)SC. The van der Waals surface area contributed by atoms with Crippen LogP contribution >= 0.6 is 11.8 Å². The van der Waals surface area contributed by atoms with E-state index in [9.17, 15) is 5.11 Å². The molecule has 1 atom stereocenters. The topological polar surface area (TPSA) is 32.3 Å². The van der Waals surface area contributed by atoms with Crippen LogP contribution in [0.15, 0.2) is 24.3 Å². The van der Waals surface area contributed by atoms with E-state index in [1.807, 2.05) is 23.9 Å². The van der Waals surface area contributed by atoms with Crippen LogP contribution in [0, 0.1) is 0 Å². The summed E-state index contributed by atoms with van der Waals surface area (Å²) in [7, 11) is 0. The molecule has 0 saturated carbocycles. The standard InChI is InChI=1S/C17H29NOS/c1-5-17(6-2,20-4)13-18-14(3)7-8-15-9-11-16(19)12-10-15/h9-12,14,18-19H,5-8,13H2,1-4H3. The first-order chi connectivity index (χ1) is 9.55. The molecule has 0 bridgehead atoms. The molecule has 2 nitrogen and oxygen atoms in total. The molecule has 0 saturated heterocycles. The van der Waals surface area contributed by atoms with E-state index in [2.05, 4.69) is 32.3 Å². The molecule has 0 radical (unpaired) electrons. The molecule has 20 heavy (non-hydrogen) atoms. The molecule has 1 unspecified atom stereocenters. The van der Waals surface area contributed by atoms with E-state index in [4.69, 9.17) is 0 Å². The van der Waals surface area contributed by atoms with Gasteiger partial charge in [-0.25, -0.2) is 0 Å². The van der Waals surface area contributed by atoms with E-state index in [-0.39, 0.29) is 0 Å². The Hall–Kier alpha value is -0.670. The first kappa shape index (κ1) is 17.4. The van der Waals surface area contributed by atoms with Gasteiger partial charge in [-0.3, -0.25) is 0 Å². The summed E-state index contributed by atoms with van der Waals surface area (Å²) in [5, 5.41) is 13.0. The van der Waals surface area contributed by atoms with E-state index in [0.29, 0.717) is 16.5 Å². The van der Waals surface area contributed by atoms with Crippen molar-refractivity contribution in [1.29, 1.82) is 0 Å². The van der Waals surface area contributed by atoms with Crippen LogP contribution in [0.5, 0.6) is 5.75 Å². The van der Waals surface area contributed by atoms with Crippen LogP contribution in [0.1, 0.15) is 45.6 Å². The van der Waals surface area contributed by atoms with Gasteiger partial charge in [0.25, 0.3) is 0 Å². The fourth-order valence-corrected chi connectivity index (χ4v) is 3.17. The lowest BCUT2D eigenvalue weighted by Crippen LogP contribution is -2.40. The fourth-order valence-electron chi connectivity index (χ4n) is 2.37. The number of phenolic OH excluding ortho intramolecular Hbond substituents is 1. The van der Waals surface area contributed by atoms with Crippen molar-refractivity contribution in [2.45, 2.75) is 57.2 Å². The highest BCUT2D eigenvalue weighted by Gasteiger charge is 2.24. The number of rotatable bonds is 9. The number of aromatic hydroxyl groups is 1. The summed E-state index contributed by atoms with van der Waals surface area (Å²) in [6.45, 7) is 7.90. The zero-order valence-corrected chi connectivity index (χ0v) is 14.1. The van der Waals surface area contributed by atoms with E-state index < -0.39 is 0 Å². The maximum absolute atomic E-state index is 9.27. The van der Waals surface area contributed by atoms with Crippen LogP contribution in [0.25, 0.3) is 0 Å². The summed E-state index contributed by atoms with van der Waals surface area (Å²) in [4.78, 5) is 0. The van der Waals surface area contributed by atoms with E-state index >= 15 is 0 Å². The second-order valence-electron chi connectivity index (χ2n) is 5.58. The quantitative estimate of drug-likeness (QED) is 0.715. The highest BCUT2D eigenvalue weighted by Crippen LogP contribution is 2.29. The lowest BCUT2D eigenvalue weighted by molar-refractivity contribution is 0.438. The number of thioether (sulfide) groups is 1. The van der Waals surface area contributed by atoms with Gasteiger partial charge in [-0.1, -0.05) is 26.0 Å². The maximum atomic E-state index is 9.27. The molecule has 1 rings (SSSR count). The number of hydrogen-bond donors (Lipinski definition) is 2. The lowest BCUT2D eigenvalue weighted by atomic mass is 10.0. The summed E-state index contributed by atoms with van der Waals surface area (Å²) < 4.78 is 0.382. The third kappa shape index (κ3) is 5.37. The summed E-state index contributed by atoms with van der Waals surface area (Å²) in [5.74, 6) is 0.343. The van der Waals surface area contributed by atoms with E-state index in [1.54, 1.807) is 12.1 Å². The Morgan fingerprint density at radius 1 is 1.20 bits per heavy atom. The zero-order chi connectivity index (χ0) is 15.0. The number of nitrogens with one attached hydrogen (secondary N) is 1. The van der Waals surface area contributed by atoms with Crippen molar-refractivity contribution in [1.82, 2.24) is 5.32 Å². The predicted molar refractivity (Wildman–Crippen MR) is 90.7 cm³/mol. The van der Waals surface area contributed by atoms with Gasteiger partial charge >= 0.3 is 0 Å². The Labute approximate surface area is 128 Å². The summed E-state index contributed by atoms with van der Waals surface area (Å²) in [6, 6.07) is 8.06. The molecular formula is C17H29NOS. The van der Waals surface area contributed by atoms with Crippen molar-refractivity contribution in [2.75, 3.05) is 12.8 Å². The van der Waals surface area contributed by atoms with Crippen molar-refractivity contribution in [3.63, 3.8) is 0 Å². The molecule has 3 heteroatoms. The van der Waals surface area contributed by atoms with Gasteiger partial charge in [-0.2, -0.15) is 11.8 Å². The Morgan fingerprint density at radius 2 is 1.80 bits per heavy atom. The van der Waals surface area contributed by atoms with Gasteiger partial charge in [0.1, 0.15) is 5.75 Å². The van der Waals surface area contributed by atoms with Gasteiger partial charge in [-0.05, 0) is 56.6 Å². The number of aryl methyl sites for hydroxylation is 1. The Bertz CT molecular complexity index is 365. The Morgan fingerprint density at radius 3 is 2.30 bits per heavy atom. The monoisotopic (exact) mass is 295 g/mol. The first-order valence-electron chi connectivity index (χ1n) is 7.61. The Balaban J connectivity index is 2.36. The van der Waals surface area contributed by atoms with E-state index in [0.717, 1.165) is 19.4 Å². The van der Waals surface area contributed by atoms with Crippen molar-refractivity contribution >= 4 is 11.8 Å². The number of benzene rings is 1. The minimum absolute atomic E-state index is 0.343. The molecule has 0 aromatic heterocycles. The summed E-state index contributed by atoms with van der Waals surface area (Å²) in [5.41, 5.74) is 1.29. The molecule has 0 aliphatic carbocycles. The first-order valence-corrected chi connectivity index (χ1v) is 8.84. The number of hydrogen-bond acceptors (Lipinski definition) is 3. The minimum atomic E-state index is 0.343. The third-order valence-electron chi connectivity index (χ3n) is 4.30. The van der Waals surface area contributed by atoms with E-state index in [1.165, 1.54) is 18.4 Å². The summed E-state index contributed by atoms with van der Waals surface area (Å²) in [6.07, 6.45) is 6.82. The van der Waals surface area contributed by atoms with Crippen molar-refractivity contribution in [2.24, 2.45) is 0 Å². The number of phenols is 1. The third-order valence-corrected chi connectivity index (χ3v) is 5.88. The molecule has 2 N–H and O–H groups in total. The molecular weight excluding hydrogens is 266 g/mol. The Kier molecular flexibility index (Phi) is 7.46. The van der Waals surface area contributed by atoms with Gasteiger partial charge in [-0.15, -0.1) is 0 Å². The minimum Gasteiger partial charge on any atom is -0.508 e. The van der Waals surface area contributed by atoms with Gasteiger partial charge in [0.15, 0.2) is 0 Å². The second-order valence-corrected chi connectivity index (χ2v) is 6.86. The second kappa shape index (κ2) is 8.58. The van der Waals surface area contributed by atoms with Crippen LogP contribution in [0.3, 0.4) is 0 Å². The van der Waals surface area contributed by atoms with Gasteiger partial charge in [0.05, 0.1) is 0 Å². The van der Waals surface area contributed by atoms with Gasteiger partial charge < -0.3 is 10.4 Å². The zero-order valence-electron chi connectivity index (χ0n) is 13.3. The predicted octanol–water partition coefficient (Wildman–Crippen LogP) is 4.22. The van der Waals surface area contributed by atoms with Crippen LogP contribution in [-0.2, 0) is 6.42 Å². The molecule has 0 heterocycles. The molecule has 0 amide bonds. The van der Waals surface area contributed by atoms with Gasteiger partial charge in [0.2, 0.25) is 0 Å². The van der Waals surface area contributed by atoms with Crippen LogP contribution in [-0.4, -0.2) is 28.7 Å². The molecule has 0 aliphatic rings. The largest absolute Gasteiger partial charge is 0.508 e. The van der Waals surface area contributed by atoms with Crippen LogP contribution < -0.4 is 5.32 Å². The molecule has 0 aliphatic heterocycles. The average Bonchev–Trinajstić information content (AvgIpc) is 2.48. The van der Waals surface area contributed by atoms with Crippen LogP contribution in [0.4, 0.5) is 0 Å². The molecule has 1 aromatic carbocycles. The van der Waals surface area contributed by atoms with Crippen molar-refractivity contribution in [3.8, 4) is 5.75 Å². The smallest absolute Gasteiger partial charge is 0.115 e. The molecule has 0 spiro atoms. The highest BCUT2D eigenvalue weighted by molar-refractivity contribution is 8.00. The summed E-state index contributed by atoms with van der Waals surface area (Å²) >= 11 is 1.99. The van der Waals surface area contributed by atoms with Crippen molar-refractivity contribution in [3.05, 3.63) is 29.8 Å². The average molecular weight is 295 g/mol. The molecule has 114 valence electrons. The molecule has 0 fully saturated rings. The van der Waals surface area contributed by atoms with Crippen molar-refractivity contribution < 1.29 is 5.11 Å².